The van der Waals surface area contributed by atoms with Crippen LogP contribution < -0.4 is 9.46 Å². The van der Waals surface area contributed by atoms with Crippen molar-refractivity contribution in [3.05, 3.63) is 24.3 Å². The van der Waals surface area contributed by atoms with Crippen LogP contribution >= 0.6 is 0 Å². The van der Waals surface area contributed by atoms with Crippen LogP contribution in [-0.2, 0) is 14.8 Å². The fourth-order valence-corrected chi connectivity index (χ4v) is 2.86. The summed E-state index contributed by atoms with van der Waals surface area (Å²) in [5, 5.41) is 9.00. The van der Waals surface area contributed by atoms with Gasteiger partial charge in [0.2, 0.25) is 10.0 Å². The third-order valence-electron chi connectivity index (χ3n) is 3.26. The van der Waals surface area contributed by atoms with E-state index in [0.29, 0.717) is 18.6 Å². The van der Waals surface area contributed by atoms with E-state index in [9.17, 15) is 13.2 Å². The zero-order valence-electron chi connectivity index (χ0n) is 10.4. The Morgan fingerprint density at radius 2 is 2.16 bits per heavy atom. The molecule has 2 rings (SSSR count). The number of sulfonamides is 1. The number of methoxy groups -OCH3 is 1. The monoisotopic (exact) mass is 285 g/mol. The minimum atomic E-state index is -3.71. The lowest BCUT2D eigenvalue weighted by Gasteiger charge is -2.12. The molecule has 0 amide bonds. The van der Waals surface area contributed by atoms with E-state index >= 15 is 0 Å². The van der Waals surface area contributed by atoms with Gasteiger partial charge in [0.05, 0.1) is 17.4 Å². The van der Waals surface area contributed by atoms with E-state index in [1.165, 1.54) is 19.2 Å². The average molecular weight is 285 g/mol. The van der Waals surface area contributed by atoms with Gasteiger partial charge in [-0.2, -0.15) is 0 Å². The van der Waals surface area contributed by atoms with Crippen LogP contribution in [0.3, 0.4) is 0 Å². The van der Waals surface area contributed by atoms with E-state index in [1.807, 2.05) is 0 Å². The highest BCUT2D eigenvalue weighted by atomic mass is 32.2. The largest absolute Gasteiger partial charge is 0.497 e. The number of ether oxygens (including phenoxy) is 1. The summed E-state index contributed by atoms with van der Waals surface area (Å²) in [6.07, 6.45) is 1.01. The first-order chi connectivity index (χ1) is 8.89. The van der Waals surface area contributed by atoms with Crippen molar-refractivity contribution < 1.29 is 23.1 Å². The van der Waals surface area contributed by atoms with Gasteiger partial charge in [0, 0.05) is 12.6 Å². The Labute approximate surface area is 111 Å². The quantitative estimate of drug-likeness (QED) is 0.808. The Bertz CT molecular complexity index is 592. The third-order valence-corrected chi connectivity index (χ3v) is 4.66. The number of hydrogen-bond donors (Lipinski definition) is 2. The molecule has 1 aromatic carbocycles. The van der Waals surface area contributed by atoms with E-state index in [-0.39, 0.29) is 11.4 Å². The predicted octanol–water partition coefficient (Wildman–Crippen LogP) is 0.838. The molecule has 0 spiro atoms. The van der Waals surface area contributed by atoms with E-state index < -0.39 is 21.4 Å². The highest BCUT2D eigenvalue weighted by Gasteiger charge is 2.50. The van der Waals surface area contributed by atoms with Crippen LogP contribution in [0.4, 0.5) is 0 Å². The fourth-order valence-electron chi connectivity index (χ4n) is 1.70. The lowest BCUT2D eigenvalue weighted by molar-refractivity contribution is -0.143. The van der Waals surface area contributed by atoms with Crippen molar-refractivity contribution >= 4 is 16.0 Å². The molecule has 0 aliphatic heterocycles. The number of carboxylic acids is 1. The van der Waals surface area contributed by atoms with Crippen LogP contribution in [-0.4, -0.2) is 33.1 Å². The summed E-state index contributed by atoms with van der Waals surface area (Å²) in [6.45, 7) is -0.0815. The number of nitrogens with one attached hydrogen (secondary N) is 1. The average Bonchev–Trinajstić information content (AvgIpc) is 3.18. The molecule has 104 valence electrons. The molecule has 1 aromatic rings. The van der Waals surface area contributed by atoms with Crippen molar-refractivity contribution in [3.63, 3.8) is 0 Å². The molecular weight excluding hydrogens is 270 g/mol. The number of carbonyl (C=O) groups is 1. The van der Waals surface area contributed by atoms with Gasteiger partial charge in [-0.3, -0.25) is 4.79 Å². The van der Waals surface area contributed by atoms with Crippen molar-refractivity contribution in [1.82, 2.24) is 4.72 Å². The lowest BCUT2D eigenvalue weighted by atomic mass is 10.1. The van der Waals surface area contributed by atoms with Crippen LogP contribution in [0.25, 0.3) is 0 Å². The number of carboxylic acid groups (broad SMARTS) is 1. The summed E-state index contributed by atoms with van der Waals surface area (Å²) in [4.78, 5) is 11.0. The highest BCUT2D eigenvalue weighted by molar-refractivity contribution is 7.89. The van der Waals surface area contributed by atoms with Crippen molar-refractivity contribution in [2.24, 2.45) is 5.41 Å². The van der Waals surface area contributed by atoms with Gasteiger partial charge in [0.15, 0.2) is 0 Å². The summed E-state index contributed by atoms with van der Waals surface area (Å²) in [6, 6.07) is 6.03. The number of benzene rings is 1. The Kier molecular flexibility index (Phi) is 3.51. The summed E-state index contributed by atoms with van der Waals surface area (Å²) in [7, 11) is -2.27. The number of hydrogen-bond acceptors (Lipinski definition) is 4. The fraction of sp³-hybridized carbons (Fsp3) is 0.417. The first-order valence-corrected chi connectivity index (χ1v) is 7.25. The third kappa shape index (κ3) is 2.87. The molecule has 0 atom stereocenters. The second-order valence-corrected chi connectivity index (χ2v) is 6.36. The zero-order chi connectivity index (χ0) is 14.1. The molecule has 19 heavy (non-hydrogen) atoms. The van der Waals surface area contributed by atoms with Crippen LogP contribution in [0.5, 0.6) is 5.75 Å². The van der Waals surface area contributed by atoms with Gasteiger partial charge >= 0.3 is 5.97 Å². The number of aliphatic carboxylic acids is 1. The first-order valence-electron chi connectivity index (χ1n) is 5.77. The molecule has 2 N–H and O–H groups in total. The molecule has 0 bridgehead atoms. The van der Waals surface area contributed by atoms with E-state index in [4.69, 9.17) is 9.84 Å². The maximum absolute atomic E-state index is 12.0. The molecule has 1 aliphatic carbocycles. The van der Waals surface area contributed by atoms with E-state index in [0.717, 1.165) is 0 Å². The van der Waals surface area contributed by atoms with Crippen molar-refractivity contribution in [2.75, 3.05) is 13.7 Å². The molecule has 1 saturated carbocycles. The summed E-state index contributed by atoms with van der Waals surface area (Å²) in [5.74, 6) is -0.525. The highest BCUT2D eigenvalue weighted by Crippen LogP contribution is 2.45. The van der Waals surface area contributed by atoms with Gasteiger partial charge < -0.3 is 9.84 Å². The van der Waals surface area contributed by atoms with Gasteiger partial charge in [-0.1, -0.05) is 6.07 Å². The Morgan fingerprint density at radius 3 is 2.68 bits per heavy atom. The molecule has 0 unspecified atom stereocenters. The maximum Gasteiger partial charge on any atom is 0.310 e. The second kappa shape index (κ2) is 4.82. The molecule has 0 radical (unpaired) electrons. The van der Waals surface area contributed by atoms with Crippen LogP contribution in [0, 0.1) is 5.41 Å². The molecule has 1 fully saturated rings. The van der Waals surface area contributed by atoms with Crippen molar-refractivity contribution in [2.45, 2.75) is 17.7 Å². The first kappa shape index (κ1) is 13.8. The normalized spacial score (nSPS) is 16.9. The van der Waals surface area contributed by atoms with Crippen LogP contribution in [0.15, 0.2) is 29.2 Å². The minimum Gasteiger partial charge on any atom is -0.497 e. The van der Waals surface area contributed by atoms with Gasteiger partial charge in [0.1, 0.15) is 5.75 Å². The molecular formula is C12H15NO5S. The van der Waals surface area contributed by atoms with Gasteiger partial charge in [-0.05, 0) is 25.0 Å². The van der Waals surface area contributed by atoms with Crippen LogP contribution in [0.2, 0.25) is 0 Å². The Balaban J connectivity index is 2.12. The molecule has 0 heterocycles. The topological polar surface area (TPSA) is 92.7 Å². The van der Waals surface area contributed by atoms with Crippen molar-refractivity contribution in [1.29, 1.82) is 0 Å². The molecule has 6 nitrogen and oxygen atoms in total. The smallest absolute Gasteiger partial charge is 0.310 e. The summed E-state index contributed by atoms with van der Waals surface area (Å²) < 4.78 is 31.4. The number of rotatable bonds is 6. The van der Waals surface area contributed by atoms with Gasteiger partial charge in [-0.25, -0.2) is 13.1 Å². The molecule has 7 heteroatoms. The Morgan fingerprint density at radius 1 is 1.47 bits per heavy atom. The van der Waals surface area contributed by atoms with Crippen molar-refractivity contribution in [3.8, 4) is 5.75 Å². The van der Waals surface area contributed by atoms with E-state index in [1.54, 1.807) is 12.1 Å². The second-order valence-electron chi connectivity index (χ2n) is 4.59. The summed E-state index contributed by atoms with van der Waals surface area (Å²) >= 11 is 0. The standard InChI is InChI=1S/C12H15NO5S/c1-18-9-3-2-4-10(7-9)19(16,17)13-8-12(5-6-12)11(14)15/h2-4,7,13H,5-6,8H2,1H3,(H,14,15). The molecule has 0 saturated heterocycles. The predicted molar refractivity (Wildman–Crippen MR) is 67.5 cm³/mol. The lowest BCUT2D eigenvalue weighted by Crippen LogP contribution is -2.34. The van der Waals surface area contributed by atoms with E-state index in [2.05, 4.69) is 4.72 Å². The van der Waals surface area contributed by atoms with Gasteiger partial charge in [-0.15, -0.1) is 0 Å². The molecule has 1 aliphatic rings. The van der Waals surface area contributed by atoms with Gasteiger partial charge in [0.25, 0.3) is 0 Å². The maximum atomic E-state index is 12.0. The van der Waals surface area contributed by atoms with Crippen LogP contribution in [0.1, 0.15) is 12.8 Å². The zero-order valence-corrected chi connectivity index (χ0v) is 11.2. The molecule has 0 aromatic heterocycles. The SMILES string of the molecule is COc1cccc(S(=O)(=O)NCC2(C(=O)O)CC2)c1. The minimum absolute atomic E-state index is 0.0630. The Hall–Kier alpha value is -1.60. The summed E-state index contributed by atoms with van der Waals surface area (Å²) in [5.41, 5.74) is -0.925.